The number of anilines is 1. The molecule has 6 nitrogen and oxygen atoms in total. The minimum Gasteiger partial charge on any atom is -0.353 e. The van der Waals surface area contributed by atoms with Gasteiger partial charge < -0.3 is 16.0 Å². The van der Waals surface area contributed by atoms with Crippen molar-refractivity contribution in [1.82, 2.24) is 15.6 Å². The normalized spacial score (nSPS) is 13.3. The van der Waals surface area contributed by atoms with Crippen LogP contribution < -0.4 is 16.0 Å². The van der Waals surface area contributed by atoms with Crippen LogP contribution in [0.1, 0.15) is 29.1 Å². The van der Waals surface area contributed by atoms with Gasteiger partial charge in [0.15, 0.2) is 0 Å². The molecule has 3 rings (SSSR count). The molecule has 0 atom stereocenters. The Morgan fingerprint density at radius 3 is 2.64 bits per heavy atom. The van der Waals surface area contributed by atoms with Crippen LogP contribution in [0.25, 0.3) is 0 Å². The number of benzene rings is 1. The molecule has 0 spiro atoms. The predicted octanol–water partition coefficient (Wildman–Crippen LogP) is 2.64. The maximum atomic E-state index is 11.9. The number of carbonyl (C=O) groups excluding carboxylic acids is 2. The van der Waals surface area contributed by atoms with Crippen molar-refractivity contribution < 1.29 is 9.59 Å². The highest BCUT2D eigenvalue weighted by Gasteiger charge is 2.22. The monoisotopic (exact) mass is 358 g/mol. The highest BCUT2D eigenvalue weighted by molar-refractivity contribution is 7.09. The lowest BCUT2D eigenvalue weighted by atomic mass is 10.1. The van der Waals surface area contributed by atoms with Crippen LogP contribution in [0, 0.1) is 6.92 Å². The lowest BCUT2D eigenvalue weighted by molar-refractivity contribution is -0.120. The van der Waals surface area contributed by atoms with E-state index in [1.54, 1.807) is 11.3 Å². The summed E-state index contributed by atoms with van der Waals surface area (Å²) in [5.41, 5.74) is 2.65. The van der Waals surface area contributed by atoms with Gasteiger partial charge in [0.2, 0.25) is 5.91 Å². The zero-order chi connectivity index (χ0) is 17.6. The number of carbonyl (C=O) groups is 2. The number of thiazole rings is 1. The maximum absolute atomic E-state index is 11.9. The van der Waals surface area contributed by atoms with Crippen molar-refractivity contribution in [3.8, 4) is 0 Å². The van der Waals surface area contributed by atoms with Gasteiger partial charge in [-0.25, -0.2) is 9.78 Å². The minimum atomic E-state index is -0.243. The second-order valence-corrected chi connectivity index (χ2v) is 7.17. The van der Waals surface area contributed by atoms with E-state index in [2.05, 4.69) is 20.9 Å². The molecule has 7 heteroatoms. The quantitative estimate of drug-likeness (QED) is 0.711. The van der Waals surface area contributed by atoms with E-state index < -0.39 is 0 Å². The molecule has 1 saturated carbocycles. The van der Waals surface area contributed by atoms with Crippen LogP contribution in [0.5, 0.6) is 0 Å². The number of hydrogen-bond acceptors (Lipinski definition) is 4. The van der Waals surface area contributed by atoms with E-state index in [1.165, 1.54) is 0 Å². The number of aromatic nitrogens is 1. The van der Waals surface area contributed by atoms with E-state index in [0.717, 1.165) is 35.5 Å². The fourth-order valence-electron chi connectivity index (χ4n) is 2.37. The predicted molar refractivity (Wildman–Crippen MR) is 98.9 cm³/mol. The largest absolute Gasteiger partial charge is 0.353 e. The molecule has 2 aromatic rings. The molecule has 0 radical (unpaired) electrons. The summed E-state index contributed by atoms with van der Waals surface area (Å²) in [6, 6.07) is 7.48. The first-order chi connectivity index (χ1) is 12.1. The summed E-state index contributed by atoms with van der Waals surface area (Å²) in [7, 11) is 0. The smallest absolute Gasteiger partial charge is 0.319 e. The van der Waals surface area contributed by atoms with Crippen molar-refractivity contribution in [2.45, 2.75) is 38.6 Å². The Hall–Kier alpha value is -2.41. The molecule has 1 aliphatic rings. The maximum Gasteiger partial charge on any atom is 0.319 e. The lowest BCUT2D eigenvalue weighted by Crippen LogP contribution is -2.30. The van der Waals surface area contributed by atoms with E-state index >= 15 is 0 Å². The number of aryl methyl sites for hydroxylation is 1. The van der Waals surface area contributed by atoms with Crippen LogP contribution in [0.15, 0.2) is 29.6 Å². The van der Waals surface area contributed by atoms with E-state index in [4.69, 9.17) is 0 Å². The first-order valence-corrected chi connectivity index (χ1v) is 9.30. The number of rotatable bonds is 7. The van der Waals surface area contributed by atoms with Gasteiger partial charge in [0.25, 0.3) is 0 Å². The number of hydrogen-bond donors (Lipinski definition) is 3. The highest BCUT2D eigenvalue weighted by Crippen LogP contribution is 2.19. The molecule has 3 N–H and O–H groups in total. The SMILES string of the molecule is Cc1csc(CCNC(=O)Nc2ccc(CC(=O)NC3CC3)cc2)n1. The highest BCUT2D eigenvalue weighted by atomic mass is 32.1. The first-order valence-electron chi connectivity index (χ1n) is 8.42. The van der Waals surface area contributed by atoms with Crippen molar-refractivity contribution in [3.05, 3.63) is 45.9 Å². The Morgan fingerprint density at radius 1 is 1.24 bits per heavy atom. The second kappa shape index (κ2) is 8.11. The van der Waals surface area contributed by atoms with Gasteiger partial charge in [-0.3, -0.25) is 4.79 Å². The van der Waals surface area contributed by atoms with Gasteiger partial charge in [-0.2, -0.15) is 0 Å². The summed E-state index contributed by atoms with van der Waals surface area (Å²) in [5, 5.41) is 11.6. The van der Waals surface area contributed by atoms with E-state index in [-0.39, 0.29) is 11.9 Å². The number of nitrogens with one attached hydrogen (secondary N) is 3. The Labute approximate surface area is 151 Å². The van der Waals surface area contributed by atoms with Crippen molar-refractivity contribution in [2.24, 2.45) is 0 Å². The van der Waals surface area contributed by atoms with Gasteiger partial charge in [0.1, 0.15) is 0 Å². The number of nitrogens with zero attached hydrogens (tertiary/aromatic N) is 1. The van der Waals surface area contributed by atoms with Crippen molar-refractivity contribution in [1.29, 1.82) is 0 Å². The van der Waals surface area contributed by atoms with Crippen LogP contribution in [0.2, 0.25) is 0 Å². The average molecular weight is 358 g/mol. The average Bonchev–Trinajstić information content (AvgIpc) is 3.29. The van der Waals surface area contributed by atoms with Crippen molar-refractivity contribution in [3.63, 3.8) is 0 Å². The zero-order valence-electron chi connectivity index (χ0n) is 14.2. The second-order valence-electron chi connectivity index (χ2n) is 6.23. The molecule has 1 heterocycles. The van der Waals surface area contributed by atoms with Crippen LogP contribution in [0.3, 0.4) is 0 Å². The Kier molecular flexibility index (Phi) is 5.65. The Balaban J connectivity index is 1.39. The van der Waals surface area contributed by atoms with Crippen molar-refractivity contribution >= 4 is 29.0 Å². The summed E-state index contributed by atoms with van der Waals surface area (Å²) >= 11 is 1.60. The fourth-order valence-corrected chi connectivity index (χ4v) is 3.15. The van der Waals surface area contributed by atoms with Crippen LogP contribution in [0.4, 0.5) is 10.5 Å². The van der Waals surface area contributed by atoms with E-state index in [0.29, 0.717) is 24.7 Å². The first kappa shape index (κ1) is 17.4. The molecule has 0 bridgehead atoms. The minimum absolute atomic E-state index is 0.0541. The fraction of sp³-hybridized carbons (Fsp3) is 0.389. The van der Waals surface area contributed by atoms with E-state index in [1.807, 2.05) is 36.6 Å². The van der Waals surface area contributed by atoms with Crippen LogP contribution in [-0.4, -0.2) is 29.5 Å². The summed E-state index contributed by atoms with van der Waals surface area (Å²) in [6.07, 6.45) is 3.27. The van der Waals surface area contributed by atoms with E-state index in [9.17, 15) is 9.59 Å². The van der Waals surface area contributed by atoms with Gasteiger partial charge in [0.05, 0.1) is 11.4 Å². The standard InChI is InChI=1S/C18H22N4O2S/c1-12-11-25-17(20-12)8-9-19-18(24)22-15-4-2-13(3-5-15)10-16(23)21-14-6-7-14/h2-5,11,14H,6-10H2,1H3,(H,21,23)(H2,19,22,24). The molecule has 132 valence electrons. The summed E-state index contributed by atoms with van der Waals surface area (Å²) in [4.78, 5) is 28.0. The molecule has 25 heavy (non-hydrogen) atoms. The molecule has 0 unspecified atom stereocenters. The number of urea groups is 1. The molecule has 1 aromatic heterocycles. The molecule has 3 amide bonds. The van der Waals surface area contributed by atoms with Gasteiger partial charge in [0, 0.05) is 35.8 Å². The molecule has 0 aliphatic heterocycles. The van der Waals surface area contributed by atoms with Gasteiger partial charge in [-0.15, -0.1) is 11.3 Å². The van der Waals surface area contributed by atoms with Crippen LogP contribution in [-0.2, 0) is 17.6 Å². The molecule has 1 aromatic carbocycles. The topological polar surface area (TPSA) is 83.1 Å². The molecule has 1 aliphatic carbocycles. The van der Waals surface area contributed by atoms with Gasteiger partial charge >= 0.3 is 6.03 Å². The Bertz CT molecular complexity index is 738. The molecule has 1 fully saturated rings. The molecular formula is C18H22N4O2S. The number of amides is 3. The third-order valence-corrected chi connectivity index (χ3v) is 4.84. The van der Waals surface area contributed by atoms with Crippen molar-refractivity contribution in [2.75, 3.05) is 11.9 Å². The molecule has 0 saturated heterocycles. The zero-order valence-corrected chi connectivity index (χ0v) is 15.0. The lowest BCUT2D eigenvalue weighted by Gasteiger charge is -2.08. The van der Waals surface area contributed by atoms with Gasteiger partial charge in [-0.05, 0) is 37.5 Å². The summed E-state index contributed by atoms with van der Waals surface area (Å²) < 4.78 is 0. The van der Waals surface area contributed by atoms with Gasteiger partial charge in [-0.1, -0.05) is 12.1 Å². The summed E-state index contributed by atoms with van der Waals surface area (Å²) in [6.45, 7) is 2.50. The third kappa shape index (κ3) is 5.86. The summed E-state index contributed by atoms with van der Waals surface area (Å²) in [5.74, 6) is 0.0541. The Morgan fingerprint density at radius 2 is 2.00 bits per heavy atom. The van der Waals surface area contributed by atoms with Crippen LogP contribution >= 0.6 is 11.3 Å². The molecular weight excluding hydrogens is 336 g/mol. The third-order valence-electron chi connectivity index (χ3n) is 3.81.